The molecular weight excluding hydrogens is 262 g/mol. The van der Waals surface area contributed by atoms with Crippen LogP contribution < -0.4 is 11.3 Å². The van der Waals surface area contributed by atoms with E-state index in [-0.39, 0.29) is 0 Å². The molecule has 0 saturated heterocycles. The molecule has 0 aromatic carbocycles. The van der Waals surface area contributed by atoms with Gasteiger partial charge in [0.1, 0.15) is 11.6 Å². The van der Waals surface area contributed by atoms with E-state index < -0.39 is 0 Å². The van der Waals surface area contributed by atoms with E-state index in [4.69, 9.17) is 5.84 Å². The Balaban J connectivity index is 2.71. The van der Waals surface area contributed by atoms with Crippen molar-refractivity contribution < 1.29 is 0 Å². The third-order valence-corrected chi connectivity index (χ3v) is 3.46. The average Bonchev–Trinajstić information content (AvgIpc) is 2.40. The third-order valence-electron chi connectivity index (χ3n) is 3.46. The van der Waals surface area contributed by atoms with Crippen molar-refractivity contribution in [1.29, 1.82) is 0 Å². The van der Waals surface area contributed by atoms with Gasteiger partial charge >= 0.3 is 0 Å². The Morgan fingerprint density at radius 1 is 1.10 bits per heavy atom. The van der Waals surface area contributed by atoms with Crippen LogP contribution in [0.15, 0.2) is 6.07 Å². The van der Waals surface area contributed by atoms with Crippen molar-refractivity contribution in [2.24, 2.45) is 17.7 Å². The maximum Gasteiger partial charge on any atom is 0.145 e. The van der Waals surface area contributed by atoms with Gasteiger partial charge in [0, 0.05) is 11.8 Å². The standard InChI is InChI=1S/C16H31N5/c1-12(2)6-8-21(9-7-13(3)4)11-16-18-14(5)10-15(19-16)20-17/h10,12-13H,6-9,11,17H2,1-5H3,(H,18,19,20). The van der Waals surface area contributed by atoms with E-state index in [0.29, 0.717) is 17.7 Å². The molecule has 3 N–H and O–H groups in total. The lowest BCUT2D eigenvalue weighted by molar-refractivity contribution is 0.230. The molecule has 0 radical (unpaired) electrons. The Morgan fingerprint density at radius 2 is 1.67 bits per heavy atom. The SMILES string of the molecule is Cc1cc(NN)nc(CN(CCC(C)C)CCC(C)C)n1. The predicted molar refractivity (Wildman–Crippen MR) is 88.8 cm³/mol. The van der Waals surface area contributed by atoms with E-state index in [1.165, 1.54) is 12.8 Å². The van der Waals surface area contributed by atoms with Crippen molar-refractivity contribution in [3.8, 4) is 0 Å². The normalized spacial score (nSPS) is 11.7. The molecule has 0 fully saturated rings. The lowest BCUT2D eigenvalue weighted by Crippen LogP contribution is -2.28. The van der Waals surface area contributed by atoms with Gasteiger partial charge in [0.05, 0.1) is 6.54 Å². The van der Waals surface area contributed by atoms with Crippen LogP contribution in [0.3, 0.4) is 0 Å². The molecule has 5 heteroatoms. The van der Waals surface area contributed by atoms with Gasteiger partial charge in [-0.1, -0.05) is 27.7 Å². The lowest BCUT2D eigenvalue weighted by Gasteiger charge is -2.23. The molecule has 0 aliphatic carbocycles. The second-order valence-electron chi connectivity index (χ2n) is 6.60. The Labute approximate surface area is 129 Å². The maximum atomic E-state index is 5.46. The van der Waals surface area contributed by atoms with Gasteiger partial charge in [-0.15, -0.1) is 0 Å². The van der Waals surface area contributed by atoms with E-state index in [1.54, 1.807) is 0 Å². The first-order valence-electron chi connectivity index (χ1n) is 7.94. The molecule has 0 unspecified atom stereocenters. The molecule has 1 rings (SSSR count). The fourth-order valence-corrected chi connectivity index (χ4v) is 2.13. The second kappa shape index (κ2) is 8.95. The van der Waals surface area contributed by atoms with Crippen molar-refractivity contribution in [3.05, 3.63) is 17.6 Å². The zero-order valence-corrected chi connectivity index (χ0v) is 14.2. The molecule has 1 aromatic rings. The molecular formula is C16H31N5. The molecule has 1 heterocycles. The molecule has 0 amide bonds. The zero-order chi connectivity index (χ0) is 15.8. The van der Waals surface area contributed by atoms with Crippen LogP contribution in [0, 0.1) is 18.8 Å². The highest BCUT2D eigenvalue weighted by Crippen LogP contribution is 2.11. The van der Waals surface area contributed by atoms with Crippen LogP contribution in [0.5, 0.6) is 0 Å². The quantitative estimate of drug-likeness (QED) is 0.541. The predicted octanol–water partition coefficient (Wildman–Crippen LogP) is 2.96. The summed E-state index contributed by atoms with van der Waals surface area (Å²) in [5, 5.41) is 0. The number of nitrogen functional groups attached to an aromatic ring is 1. The number of anilines is 1. The van der Waals surface area contributed by atoms with Crippen molar-refractivity contribution in [3.63, 3.8) is 0 Å². The minimum absolute atomic E-state index is 0.685. The summed E-state index contributed by atoms with van der Waals surface area (Å²) in [7, 11) is 0. The maximum absolute atomic E-state index is 5.46. The number of rotatable bonds is 9. The number of hydrogen-bond acceptors (Lipinski definition) is 5. The van der Waals surface area contributed by atoms with Crippen LogP contribution in [-0.2, 0) is 6.54 Å². The highest BCUT2D eigenvalue weighted by molar-refractivity contribution is 5.33. The van der Waals surface area contributed by atoms with Crippen molar-refractivity contribution in [2.75, 3.05) is 18.5 Å². The molecule has 21 heavy (non-hydrogen) atoms. The van der Waals surface area contributed by atoms with Crippen LogP contribution >= 0.6 is 0 Å². The van der Waals surface area contributed by atoms with E-state index >= 15 is 0 Å². The first kappa shape index (κ1) is 17.9. The average molecular weight is 293 g/mol. The second-order valence-corrected chi connectivity index (χ2v) is 6.60. The lowest BCUT2D eigenvalue weighted by atomic mass is 10.1. The fourth-order valence-electron chi connectivity index (χ4n) is 2.13. The summed E-state index contributed by atoms with van der Waals surface area (Å²) in [6.45, 7) is 14.0. The largest absolute Gasteiger partial charge is 0.308 e. The smallest absolute Gasteiger partial charge is 0.145 e. The van der Waals surface area contributed by atoms with Gasteiger partial charge < -0.3 is 5.43 Å². The molecule has 1 aromatic heterocycles. The summed E-state index contributed by atoms with van der Waals surface area (Å²) >= 11 is 0. The summed E-state index contributed by atoms with van der Waals surface area (Å²) in [4.78, 5) is 11.4. The van der Waals surface area contributed by atoms with Gasteiger partial charge in [0.25, 0.3) is 0 Å². The van der Waals surface area contributed by atoms with Gasteiger partial charge in [-0.3, -0.25) is 4.90 Å². The summed E-state index contributed by atoms with van der Waals surface area (Å²) in [6.07, 6.45) is 2.40. The highest BCUT2D eigenvalue weighted by atomic mass is 15.3. The Kier molecular flexibility index (Phi) is 7.61. The fraction of sp³-hybridized carbons (Fsp3) is 0.750. The Bertz CT molecular complexity index is 405. The molecule has 0 atom stereocenters. The minimum atomic E-state index is 0.685. The summed E-state index contributed by atoms with van der Waals surface area (Å²) in [5.41, 5.74) is 3.56. The van der Waals surface area contributed by atoms with Crippen LogP contribution in [0.1, 0.15) is 52.1 Å². The number of nitrogens with one attached hydrogen (secondary N) is 1. The van der Waals surface area contributed by atoms with E-state index in [2.05, 4.69) is 48.0 Å². The number of hydrogen-bond donors (Lipinski definition) is 2. The molecule has 0 aliphatic rings. The molecule has 0 bridgehead atoms. The van der Waals surface area contributed by atoms with E-state index in [9.17, 15) is 0 Å². The monoisotopic (exact) mass is 293 g/mol. The number of nitrogens with two attached hydrogens (primary N) is 1. The van der Waals surface area contributed by atoms with Gasteiger partial charge in [0.2, 0.25) is 0 Å². The van der Waals surface area contributed by atoms with Crippen molar-refractivity contribution in [1.82, 2.24) is 14.9 Å². The molecule has 0 spiro atoms. The van der Waals surface area contributed by atoms with E-state index in [0.717, 1.165) is 31.2 Å². The van der Waals surface area contributed by atoms with Crippen molar-refractivity contribution >= 4 is 5.82 Å². The highest BCUT2D eigenvalue weighted by Gasteiger charge is 2.11. The van der Waals surface area contributed by atoms with Crippen LogP contribution in [0.25, 0.3) is 0 Å². The van der Waals surface area contributed by atoms with Crippen LogP contribution in [0.4, 0.5) is 5.82 Å². The first-order chi connectivity index (χ1) is 9.90. The number of aromatic nitrogens is 2. The van der Waals surface area contributed by atoms with Gasteiger partial charge in [-0.25, -0.2) is 15.8 Å². The molecule has 5 nitrogen and oxygen atoms in total. The Hall–Kier alpha value is -1.20. The summed E-state index contributed by atoms with van der Waals surface area (Å²) in [5.74, 6) is 8.42. The van der Waals surface area contributed by atoms with Gasteiger partial charge in [0.15, 0.2) is 0 Å². The molecule has 0 aliphatic heterocycles. The summed E-state index contributed by atoms with van der Waals surface area (Å²) in [6, 6.07) is 1.86. The van der Waals surface area contributed by atoms with Gasteiger partial charge in [-0.2, -0.15) is 0 Å². The summed E-state index contributed by atoms with van der Waals surface area (Å²) < 4.78 is 0. The first-order valence-corrected chi connectivity index (χ1v) is 7.94. The molecule has 120 valence electrons. The minimum Gasteiger partial charge on any atom is -0.308 e. The molecule has 0 saturated carbocycles. The Morgan fingerprint density at radius 3 is 2.14 bits per heavy atom. The number of nitrogens with zero attached hydrogens (tertiary/aromatic N) is 3. The number of aryl methyl sites for hydroxylation is 1. The topological polar surface area (TPSA) is 67.1 Å². The zero-order valence-electron chi connectivity index (χ0n) is 14.2. The van der Waals surface area contributed by atoms with Crippen LogP contribution in [0.2, 0.25) is 0 Å². The van der Waals surface area contributed by atoms with Gasteiger partial charge in [-0.05, 0) is 44.7 Å². The van der Waals surface area contributed by atoms with E-state index in [1.807, 2.05) is 13.0 Å². The van der Waals surface area contributed by atoms with Crippen molar-refractivity contribution in [2.45, 2.75) is 54.0 Å². The van der Waals surface area contributed by atoms with Crippen LogP contribution in [-0.4, -0.2) is 28.0 Å². The third kappa shape index (κ3) is 7.39. The number of hydrazine groups is 1.